The molecule has 0 fully saturated rings. The lowest BCUT2D eigenvalue weighted by molar-refractivity contribution is 0.447. The first-order valence-corrected chi connectivity index (χ1v) is 20.6. The zero-order chi connectivity index (χ0) is 39.4. The Morgan fingerprint density at radius 3 is 1.75 bits per heavy atom. The third-order valence-electron chi connectivity index (χ3n) is 12.9. The average Bonchev–Trinajstić information content (AvgIpc) is 3.83. The van der Waals surface area contributed by atoms with E-state index in [-0.39, 0.29) is 0 Å². The molecule has 2 aliphatic rings. The lowest BCUT2D eigenvalue weighted by Crippen LogP contribution is -2.32. The van der Waals surface area contributed by atoms with E-state index >= 15 is 0 Å². The summed E-state index contributed by atoms with van der Waals surface area (Å²) in [5.41, 5.74) is 13.7. The van der Waals surface area contributed by atoms with Crippen molar-refractivity contribution in [2.45, 2.75) is 5.41 Å². The first kappa shape index (κ1) is 33.1. The minimum atomic E-state index is -0.667. The smallest absolute Gasteiger partial charge is 0.140 e. The largest absolute Gasteiger partial charge is 0.456 e. The van der Waals surface area contributed by atoms with Crippen LogP contribution in [0.1, 0.15) is 22.3 Å². The fourth-order valence-electron chi connectivity index (χ4n) is 10.4. The van der Waals surface area contributed by atoms with E-state index in [1.165, 1.54) is 27.8 Å². The van der Waals surface area contributed by atoms with Gasteiger partial charge in [0.25, 0.3) is 0 Å². The topological polar surface area (TPSA) is 25.6 Å². The summed E-state index contributed by atoms with van der Waals surface area (Å²) in [4.78, 5) is 2.43. The van der Waals surface area contributed by atoms with Gasteiger partial charge in [0.2, 0.25) is 0 Å². The van der Waals surface area contributed by atoms with E-state index in [4.69, 9.17) is 9.15 Å². The van der Waals surface area contributed by atoms with Gasteiger partial charge in [0, 0.05) is 55.7 Å². The molecule has 1 aromatic heterocycles. The van der Waals surface area contributed by atoms with Crippen molar-refractivity contribution in [1.82, 2.24) is 0 Å². The highest BCUT2D eigenvalue weighted by atomic mass is 16.5. The predicted molar refractivity (Wildman–Crippen MR) is 246 cm³/mol. The fraction of sp³-hybridized carbons (Fsp3) is 0.0175. The number of fused-ring (bicyclic) bond motifs is 16. The molecule has 2 heterocycles. The van der Waals surface area contributed by atoms with Gasteiger partial charge in [-0.3, -0.25) is 0 Å². The molecule has 1 aliphatic carbocycles. The van der Waals surface area contributed by atoms with E-state index < -0.39 is 5.41 Å². The van der Waals surface area contributed by atoms with Crippen LogP contribution in [0, 0.1) is 0 Å². The molecular weight excluding hydrogens is 731 g/mol. The highest BCUT2D eigenvalue weighted by Crippen LogP contribution is 2.65. The molecule has 0 radical (unpaired) electrons. The monoisotopic (exact) mass is 765 g/mol. The van der Waals surface area contributed by atoms with Crippen molar-refractivity contribution in [2.24, 2.45) is 0 Å². The van der Waals surface area contributed by atoms with Crippen molar-refractivity contribution >= 4 is 60.5 Å². The summed E-state index contributed by atoms with van der Waals surface area (Å²) in [5, 5.41) is 6.73. The van der Waals surface area contributed by atoms with E-state index in [9.17, 15) is 0 Å². The standard InChI is InChI=1S/C57H35NO2/c1-2-14-36(15-3-1)39-18-12-19-40(34-39)58(41-30-31-45-44-22-9-11-27-52(44)59-53(45)35-41)51-26-13-25-48-54(51)46-23-8-10-24-47(46)57(48)49-32-28-37-16-4-6-20-42(37)55(49)60-56-43-21-7-5-17-38(43)29-33-50(56)57/h1-35H. The van der Waals surface area contributed by atoms with Crippen LogP contribution in [0.4, 0.5) is 17.1 Å². The highest BCUT2D eigenvalue weighted by molar-refractivity contribution is 6.07. The number of hydrogen-bond donors (Lipinski definition) is 0. The van der Waals surface area contributed by atoms with Gasteiger partial charge in [-0.2, -0.15) is 0 Å². The Hall–Kier alpha value is -7.88. The molecule has 3 nitrogen and oxygen atoms in total. The summed E-state index contributed by atoms with van der Waals surface area (Å²) < 4.78 is 13.8. The molecule has 10 aromatic carbocycles. The number of furan rings is 1. The SMILES string of the molecule is c1ccc(-c2cccc(N(c3ccc4c(c3)oc3ccccc34)c3cccc4c3-c3ccccc3C43c4ccc5ccccc5c4Oc4c3ccc3ccccc43)c2)cc1. The third kappa shape index (κ3) is 4.54. The molecule has 1 spiro atoms. The first-order valence-electron chi connectivity index (χ1n) is 20.6. The minimum Gasteiger partial charge on any atom is -0.456 e. The van der Waals surface area contributed by atoms with Crippen LogP contribution in [0.2, 0.25) is 0 Å². The predicted octanol–water partition coefficient (Wildman–Crippen LogP) is 15.5. The van der Waals surface area contributed by atoms with Crippen molar-refractivity contribution in [3.8, 4) is 33.8 Å². The molecule has 11 aromatic rings. The summed E-state index contributed by atoms with van der Waals surface area (Å²) in [5.74, 6) is 1.82. The Balaban J connectivity index is 1.14. The molecule has 3 heteroatoms. The van der Waals surface area contributed by atoms with Crippen LogP contribution in [0.5, 0.6) is 11.5 Å². The number of anilines is 3. The zero-order valence-corrected chi connectivity index (χ0v) is 32.5. The highest BCUT2D eigenvalue weighted by Gasteiger charge is 2.52. The van der Waals surface area contributed by atoms with Gasteiger partial charge in [0.05, 0.1) is 11.1 Å². The molecule has 0 saturated heterocycles. The number of nitrogens with zero attached hydrogens (tertiary/aromatic N) is 1. The van der Waals surface area contributed by atoms with E-state index in [1.54, 1.807) is 0 Å². The molecule has 280 valence electrons. The van der Waals surface area contributed by atoms with Crippen LogP contribution in [0.3, 0.4) is 0 Å². The van der Waals surface area contributed by atoms with Crippen molar-refractivity contribution in [3.05, 3.63) is 235 Å². The van der Waals surface area contributed by atoms with Crippen molar-refractivity contribution < 1.29 is 9.15 Å². The van der Waals surface area contributed by atoms with Crippen LogP contribution < -0.4 is 9.64 Å². The number of hydrogen-bond acceptors (Lipinski definition) is 3. The molecule has 0 bridgehead atoms. The van der Waals surface area contributed by atoms with E-state index in [0.29, 0.717) is 0 Å². The van der Waals surface area contributed by atoms with Crippen LogP contribution >= 0.6 is 0 Å². The lowest BCUT2D eigenvalue weighted by atomic mass is 9.65. The van der Waals surface area contributed by atoms with Gasteiger partial charge in [-0.15, -0.1) is 0 Å². The Morgan fingerprint density at radius 1 is 0.367 bits per heavy atom. The number of para-hydroxylation sites is 1. The molecule has 0 amide bonds. The molecule has 0 N–H and O–H groups in total. The van der Waals surface area contributed by atoms with E-state index in [2.05, 4.69) is 205 Å². The second kappa shape index (κ2) is 12.6. The van der Waals surface area contributed by atoms with Gasteiger partial charge < -0.3 is 14.1 Å². The zero-order valence-electron chi connectivity index (χ0n) is 32.5. The van der Waals surface area contributed by atoms with Gasteiger partial charge in [0.15, 0.2) is 0 Å². The van der Waals surface area contributed by atoms with Crippen LogP contribution in [0.25, 0.3) is 65.7 Å². The van der Waals surface area contributed by atoms with Crippen molar-refractivity contribution in [1.29, 1.82) is 0 Å². The lowest BCUT2D eigenvalue weighted by Gasteiger charge is -2.40. The maximum absolute atomic E-state index is 7.24. The molecule has 13 rings (SSSR count). The third-order valence-corrected chi connectivity index (χ3v) is 12.9. The summed E-state index contributed by atoms with van der Waals surface area (Å²) in [6.45, 7) is 0. The number of ether oxygens (including phenoxy) is 1. The first-order chi connectivity index (χ1) is 29.8. The van der Waals surface area contributed by atoms with Gasteiger partial charge >= 0.3 is 0 Å². The van der Waals surface area contributed by atoms with Crippen molar-refractivity contribution in [3.63, 3.8) is 0 Å². The quantitative estimate of drug-likeness (QED) is 0.178. The minimum absolute atomic E-state index is 0.667. The normalized spacial score (nSPS) is 13.3. The van der Waals surface area contributed by atoms with Gasteiger partial charge in [-0.05, 0) is 75.0 Å². The van der Waals surface area contributed by atoms with Crippen molar-refractivity contribution in [2.75, 3.05) is 4.90 Å². The molecule has 0 atom stereocenters. The van der Waals surface area contributed by atoms with Crippen LogP contribution in [-0.4, -0.2) is 0 Å². The average molecular weight is 766 g/mol. The van der Waals surface area contributed by atoms with Gasteiger partial charge in [-0.1, -0.05) is 170 Å². The molecule has 60 heavy (non-hydrogen) atoms. The van der Waals surface area contributed by atoms with E-state index in [1.807, 2.05) is 12.1 Å². The van der Waals surface area contributed by atoms with E-state index in [0.717, 1.165) is 88.7 Å². The number of rotatable bonds is 4. The Bertz CT molecular complexity index is 3460. The summed E-state index contributed by atoms with van der Waals surface area (Å²) in [6, 6.07) is 76.7. The summed E-state index contributed by atoms with van der Waals surface area (Å²) >= 11 is 0. The summed E-state index contributed by atoms with van der Waals surface area (Å²) in [6.07, 6.45) is 0. The van der Waals surface area contributed by atoms with Gasteiger partial charge in [0.1, 0.15) is 22.7 Å². The van der Waals surface area contributed by atoms with Gasteiger partial charge in [-0.25, -0.2) is 0 Å². The summed E-state index contributed by atoms with van der Waals surface area (Å²) in [7, 11) is 0. The molecular formula is C57H35NO2. The second-order valence-electron chi connectivity index (χ2n) is 16.0. The van der Waals surface area contributed by atoms with Crippen LogP contribution in [0.15, 0.2) is 217 Å². The number of benzene rings is 10. The molecule has 1 aliphatic heterocycles. The Morgan fingerprint density at radius 2 is 0.967 bits per heavy atom. The Kier molecular flexibility index (Phi) is 6.93. The fourth-order valence-corrected chi connectivity index (χ4v) is 10.4. The Labute approximate surface area is 347 Å². The molecule has 0 unspecified atom stereocenters. The molecule has 0 saturated carbocycles. The second-order valence-corrected chi connectivity index (χ2v) is 16.0. The maximum Gasteiger partial charge on any atom is 0.140 e. The maximum atomic E-state index is 7.24. The van der Waals surface area contributed by atoms with Crippen LogP contribution in [-0.2, 0) is 5.41 Å².